The molecule has 0 aromatic carbocycles. The number of ether oxygens (including phenoxy) is 1. The monoisotopic (exact) mass is 453 g/mol. The minimum absolute atomic E-state index is 0.180. The molecule has 0 spiro atoms. The molecule has 0 aliphatic carbocycles. The largest absolute Gasteiger partial charge is 0.487 e. The second-order valence-corrected chi connectivity index (χ2v) is 8.79. The van der Waals surface area contributed by atoms with Gasteiger partial charge in [-0.25, -0.2) is 4.98 Å². The molecule has 8 heteroatoms. The minimum Gasteiger partial charge on any atom is -0.487 e. The summed E-state index contributed by atoms with van der Waals surface area (Å²) >= 11 is 5.84. The first-order chi connectivity index (χ1) is 15.4. The van der Waals surface area contributed by atoms with Crippen LogP contribution in [0.25, 0.3) is 5.69 Å². The van der Waals surface area contributed by atoms with E-state index >= 15 is 0 Å². The predicted octanol–water partition coefficient (Wildman–Crippen LogP) is 3.78. The zero-order valence-corrected chi connectivity index (χ0v) is 19.4. The summed E-state index contributed by atoms with van der Waals surface area (Å²) in [6, 6.07) is 11.8. The van der Waals surface area contributed by atoms with Gasteiger partial charge in [-0.05, 0) is 57.6 Å². The van der Waals surface area contributed by atoms with Crippen LogP contribution in [0.1, 0.15) is 26.0 Å². The highest BCUT2D eigenvalue weighted by molar-refractivity contribution is 6.30. The zero-order valence-electron chi connectivity index (χ0n) is 18.6. The molecule has 1 unspecified atom stereocenters. The Balaban J connectivity index is 1.40. The molecule has 0 amide bonds. The molecular formula is C24H28ClN5O2. The minimum atomic E-state index is -0.180. The summed E-state index contributed by atoms with van der Waals surface area (Å²) in [6.45, 7) is 6.66. The number of likely N-dealkylation sites (N-methyl/N-ethyl adjacent to an activating group) is 1. The van der Waals surface area contributed by atoms with Crippen LogP contribution >= 0.6 is 11.6 Å². The van der Waals surface area contributed by atoms with Gasteiger partial charge in [-0.15, -0.1) is 0 Å². The highest BCUT2D eigenvalue weighted by atomic mass is 35.5. The van der Waals surface area contributed by atoms with Crippen LogP contribution in [0.2, 0.25) is 5.02 Å². The van der Waals surface area contributed by atoms with Gasteiger partial charge in [-0.2, -0.15) is 0 Å². The van der Waals surface area contributed by atoms with Crippen LogP contribution in [0.15, 0.2) is 59.8 Å². The smallest absolute Gasteiger partial charge is 0.258 e. The van der Waals surface area contributed by atoms with E-state index in [1.807, 2.05) is 12.1 Å². The zero-order chi connectivity index (χ0) is 22.7. The number of pyridine rings is 3. The van der Waals surface area contributed by atoms with Gasteiger partial charge in [0.2, 0.25) is 0 Å². The number of hydrogen-bond donors (Lipinski definition) is 0. The second kappa shape index (κ2) is 9.71. The first kappa shape index (κ1) is 22.3. The topological polar surface area (TPSA) is 63.5 Å². The lowest BCUT2D eigenvalue weighted by Gasteiger charge is -2.28. The third-order valence-corrected chi connectivity index (χ3v) is 6.18. The van der Waals surface area contributed by atoms with E-state index in [0.717, 1.165) is 36.7 Å². The lowest BCUT2D eigenvalue weighted by Crippen LogP contribution is -2.39. The average molecular weight is 454 g/mol. The molecule has 3 aromatic heterocycles. The van der Waals surface area contributed by atoms with E-state index in [0.29, 0.717) is 22.9 Å². The molecule has 0 radical (unpaired) electrons. The van der Waals surface area contributed by atoms with Crippen LogP contribution in [0.4, 0.5) is 5.82 Å². The van der Waals surface area contributed by atoms with Crippen molar-refractivity contribution < 1.29 is 4.74 Å². The van der Waals surface area contributed by atoms with Crippen LogP contribution in [0, 0.1) is 0 Å². The molecule has 7 nitrogen and oxygen atoms in total. The van der Waals surface area contributed by atoms with Crippen molar-refractivity contribution in [2.75, 3.05) is 25.0 Å². The van der Waals surface area contributed by atoms with Gasteiger partial charge in [0, 0.05) is 43.6 Å². The lowest BCUT2D eigenvalue weighted by molar-refractivity contribution is 0.209. The van der Waals surface area contributed by atoms with E-state index in [2.05, 4.69) is 40.7 Å². The Morgan fingerprint density at radius 3 is 2.69 bits per heavy atom. The molecule has 0 bridgehead atoms. The van der Waals surface area contributed by atoms with Crippen molar-refractivity contribution in [1.29, 1.82) is 0 Å². The summed E-state index contributed by atoms with van der Waals surface area (Å²) in [5, 5.41) is 0.573. The maximum Gasteiger partial charge on any atom is 0.258 e. The van der Waals surface area contributed by atoms with Crippen molar-refractivity contribution in [3.05, 3.63) is 76.1 Å². The van der Waals surface area contributed by atoms with Gasteiger partial charge in [-0.3, -0.25) is 19.2 Å². The quantitative estimate of drug-likeness (QED) is 0.542. The molecule has 1 atom stereocenters. The Labute approximate surface area is 193 Å². The summed E-state index contributed by atoms with van der Waals surface area (Å²) in [7, 11) is 2.18. The summed E-state index contributed by atoms with van der Waals surface area (Å²) in [4.78, 5) is 26.2. The molecule has 1 aliphatic heterocycles. The van der Waals surface area contributed by atoms with E-state index < -0.39 is 0 Å². The van der Waals surface area contributed by atoms with Crippen molar-refractivity contribution in [3.8, 4) is 11.4 Å². The van der Waals surface area contributed by atoms with Crippen LogP contribution in [-0.4, -0.2) is 51.7 Å². The Kier molecular flexibility index (Phi) is 6.77. The van der Waals surface area contributed by atoms with Crippen molar-refractivity contribution >= 4 is 17.4 Å². The van der Waals surface area contributed by atoms with E-state index in [1.165, 1.54) is 6.07 Å². The molecule has 0 saturated carbocycles. The summed E-state index contributed by atoms with van der Waals surface area (Å²) in [6.07, 6.45) is 6.14. The molecule has 1 aliphatic rings. The molecule has 4 heterocycles. The fourth-order valence-electron chi connectivity index (χ4n) is 3.82. The SMILES string of the molecule is CC(C)N(C)C1CCN(c2ccc(-n3ccc(OCc4ccc(Cl)cn4)cc3=O)cn2)C1. The molecule has 1 saturated heterocycles. The molecule has 0 N–H and O–H groups in total. The van der Waals surface area contributed by atoms with E-state index in [-0.39, 0.29) is 12.2 Å². The number of rotatable bonds is 7. The molecule has 1 fully saturated rings. The first-order valence-corrected chi connectivity index (χ1v) is 11.2. The van der Waals surface area contributed by atoms with Crippen molar-refractivity contribution in [3.63, 3.8) is 0 Å². The van der Waals surface area contributed by atoms with E-state index in [1.54, 1.807) is 41.4 Å². The highest BCUT2D eigenvalue weighted by Crippen LogP contribution is 2.22. The third-order valence-electron chi connectivity index (χ3n) is 5.95. The van der Waals surface area contributed by atoms with Crippen molar-refractivity contribution in [2.45, 2.75) is 39.0 Å². The van der Waals surface area contributed by atoms with Crippen LogP contribution in [-0.2, 0) is 6.61 Å². The fraction of sp³-hybridized carbons (Fsp3) is 0.375. The van der Waals surface area contributed by atoms with E-state index in [4.69, 9.17) is 16.3 Å². The lowest BCUT2D eigenvalue weighted by atomic mass is 10.2. The highest BCUT2D eigenvalue weighted by Gasteiger charge is 2.27. The van der Waals surface area contributed by atoms with Crippen LogP contribution < -0.4 is 15.2 Å². The number of aromatic nitrogens is 3. The van der Waals surface area contributed by atoms with Gasteiger partial charge in [0.25, 0.3) is 5.56 Å². The van der Waals surface area contributed by atoms with Gasteiger partial charge < -0.3 is 9.64 Å². The molecule has 168 valence electrons. The average Bonchev–Trinajstić information content (AvgIpc) is 3.28. The van der Waals surface area contributed by atoms with Gasteiger partial charge in [0.1, 0.15) is 18.2 Å². The fourth-order valence-corrected chi connectivity index (χ4v) is 3.94. The Bertz CT molecular complexity index is 1100. The predicted molar refractivity (Wildman–Crippen MR) is 127 cm³/mol. The summed E-state index contributed by atoms with van der Waals surface area (Å²) in [5.41, 5.74) is 1.28. The molecule has 4 rings (SSSR count). The molecule has 3 aromatic rings. The summed E-state index contributed by atoms with van der Waals surface area (Å²) < 4.78 is 7.25. The maximum absolute atomic E-state index is 12.6. The Morgan fingerprint density at radius 2 is 2.03 bits per heavy atom. The van der Waals surface area contributed by atoms with Gasteiger partial charge in [0.05, 0.1) is 22.6 Å². The van der Waals surface area contributed by atoms with Gasteiger partial charge >= 0.3 is 0 Å². The van der Waals surface area contributed by atoms with Crippen LogP contribution in [0.3, 0.4) is 0 Å². The van der Waals surface area contributed by atoms with E-state index in [9.17, 15) is 4.79 Å². The molecule has 32 heavy (non-hydrogen) atoms. The van der Waals surface area contributed by atoms with Crippen molar-refractivity contribution in [2.24, 2.45) is 0 Å². The number of anilines is 1. The maximum atomic E-state index is 12.6. The Morgan fingerprint density at radius 1 is 1.19 bits per heavy atom. The number of nitrogens with zero attached hydrogens (tertiary/aromatic N) is 5. The second-order valence-electron chi connectivity index (χ2n) is 8.35. The van der Waals surface area contributed by atoms with Crippen molar-refractivity contribution in [1.82, 2.24) is 19.4 Å². The molecular weight excluding hydrogens is 426 g/mol. The van der Waals surface area contributed by atoms with Gasteiger partial charge in [0.15, 0.2) is 0 Å². The summed E-state index contributed by atoms with van der Waals surface area (Å²) in [5.74, 6) is 1.43. The third kappa shape index (κ3) is 5.11. The first-order valence-electron chi connectivity index (χ1n) is 10.8. The Hall–Kier alpha value is -2.90. The number of hydrogen-bond acceptors (Lipinski definition) is 6. The number of halogens is 1. The standard InChI is InChI=1S/C24H28ClN5O2/c1-17(2)28(3)21-8-10-29(15-21)23-7-6-20(14-27-23)30-11-9-22(12-24(30)31)32-16-19-5-4-18(25)13-26-19/h4-7,9,11-14,17,21H,8,10,15-16H2,1-3H3. The van der Waals surface area contributed by atoms with Gasteiger partial charge in [-0.1, -0.05) is 11.6 Å². The normalized spacial score (nSPS) is 16.2. The van der Waals surface area contributed by atoms with Crippen LogP contribution in [0.5, 0.6) is 5.75 Å².